The minimum Gasteiger partial charge on any atom is -0.236 e. The van der Waals surface area contributed by atoms with Crippen molar-refractivity contribution in [2.24, 2.45) is 0 Å². The zero-order valence-corrected chi connectivity index (χ0v) is 15.8. The first-order valence-corrected chi connectivity index (χ1v) is 8.17. The van der Waals surface area contributed by atoms with Crippen LogP contribution in [0.1, 0.15) is 33.4 Å². The van der Waals surface area contributed by atoms with E-state index in [0.29, 0.717) is 0 Å². The van der Waals surface area contributed by atoms with Gasteiger partial charge in [0.2, 0.25) is 6.34 Å². The Balaban J connectivity index is 2.46. The molecule has 0 atom stereocenters. The predicted octanol–water partition coefficient (Wildman–Crippen LogP) is 4.98. The molecule has 0 aliphatic carbocycles. The second kappa shape index (κ2) is 6.57. The second-order valence-electron chi connectivity index (χ2n) is 6.83. The molecule has 0 aliphatic heterocycles. The monoisotopic (exact) mass is 309 g/mol. The van der Waals surface area contributed by atoms with E-state index in [4.69, 9.17) is 0 Å². The maximum atomic E-state index is 2.25. The van der Waals surface area contributed by atoms with Crippen molar-refractivity contribution in [3.63, 3.8) is 0 Å². The fraction of sp³-hybridized carbons (Fsp3) is 0.381. The lowest BCUT2D eigenvalue weighted by Crippen LogP contribution is -2.23. The Kier molecular flexibility index (Phi) is 4.93. The molecule has 0 N–H and O–H groups in total. The topological polar surface area (TPSA) is 6.25 Å². The van der Waals surface area contributed by atoms with Crippen molar-refractivity contribution in [1.82, 2.24) is 0 Å². The molecule has 2 nitrogen and oxygen atoms in total. The molecule has 0 saturated heterocycles. The lowest BCUT2D eigenvalue weighted by atomic mass is 10.0. The Hall–Kier alpha value is -2.09. The molecule has 2 aromatic rings. The summed E-state index contributed by atoms with van der Waals surface area (Å²) in [7, 11) is 4.25. The number of hydrogen-bond donors (Lipinski definition) is 0. The Morgan fingerprint density at radius 3 is 1.57 bits per heavy atom. The van der Waals surface area contributed by atoms with Crippen molar-refractivity contribution >= 4 is 17.7 Å². The fourth-order valence-electron chi connectivity index (χ4n) is 3.83. The molecule has 0 aliphatic rings. The van der Waals surface area contributed by atoms with Gasteiger partial charge < -0.3 is 0 Å². The smallest absolute Gasteiger partial charge is 0.236 e. The summed E-state index contributed by atoms with van der Waals surface area (Å²) in [6, 6.07) is 8.98. The summed E-state index contributed by atoms with van der Waals surface area (Å²) >= 11 is 0. The van der Waals surface area contributed by atoms with Crippen LogP contribution in [0.2, 0.25) is 0 Å². The first kappa shape index (κ1) is 17.3. The number of nitrogens with zero attached hydrogens (tertiary/aromatic N) is 2. The van der Waals surface area contributed by atoms with Gasteiger partial charge in [-0.3, -0.25) is 0 Å². The van der Waals surface area contributed by atoms with Crippen molar-refractivity contribution in [2.75, 3.05) is 19.0 Å². The average molecular weight is 309 g/mol. The zero-order valence-electron chi connectivity index (χ0n) is 15.8. The maximum absolute atomic E-state index is 2.25. The van der Waals surface area contributed by atoms with Gasteiger partial charge in [0.25, 0.3) is 0 Å². The number of hydrogen-bond acceptors (Lipinski definition) is 0. The standard InChI is InChI=1S/C21H29N2/c1-14-9-16(3)20(17(4)10-14)22(7)13-23(8)21-18(5)11-15(2)12-19(21)6/h9-13H,1-8H3/q+1. The van der Waals surface area contributed by atoms with Gasteiger partial charge in [0.1, 0.15) is 11.4 Å². The Morgan fingerprint density at radius 2 is 1.13 bits per heavy atom. The molecule has 2 heteroatoms. The van der Waals surface area contributed by atoms with Gasteiger partial charge in [-0.15, -0.1) is 0 Å². The van der Waals surface area contributed by atoms with Crippen LogP contribution in [0.15, 0.2) is 24.3 Å². The molecular weight excluding hydrogens is 280 g/mol. The third-order valence-electron chi connectivity index (χ3n) is 4.32. The summed E-state index contributed by atoms with van der Waals surface area (Å²) in [6.45, 7) is 13.0. The lowest BCUT2D eigenvalue weighted by Gasteiger charge is -2.16. The molecule has 0 radical (unpaired) electrons. The van der Waals surface area contributed by atoms with E-state index in [2.05, 4.69) is 95.7 Å². The summed E-state index contributed by atoms with van der Waals surface area (Å²) < 4.78 is 2.23. The van der Waals surface area contributed by atoms with Crippen LogP contribution in [0.4, 0.5) is 11.4 Å². The fourth-order valence-corrected chi connectivity index (χ4v) is 3.83. The third-order valence-corrected chi connectivity index (χ3v) is 4.32. The van der Waals surface area contributed by atoms with Crippen LogP contribution in [0.3, 0.4) is 0 Å². The largest absolute Gasteiger partial charge is 0.244 e. The van der Waals surface area contributed by atoms with Gasteiger partial charge in [-0.1, -0.05) is 35.4 Å². The molecule has 0 spiro atoms. The minimum atomic E-state index is 1.28. The van der Waals surface area contributed by atoms with Gasteiger partial charge in [0.05, 0.1) is 14.1 Å². The first-order chi connectivity index (χ1) is 10.7. The average Bonchev–Trinajstić information content (AvgIpc) is 2.35. The summed E-state index contributed by atoms with van der Waals surface area (Å²) in [5.74, 6) is 0. The Bertz CT molecular complexity index is 723. The van der Waals surface area contributed by atoms with Gasteiger partial charge in [0, 0.05) is 0 Å². The highest BCUT2D eigenvalue weighted by molar-refractivity contribution is 5.80. The summed E-state index contributed by atoms with van der Waals surface area (Å²) in [6.07, 6.45) is 2.18. The quantitative estimate of drug-likeness (QED) is 0.440. The van der Waals surface area contributed by atoms with Crippen LogP contribution in [-0.2, 0) is 0 Å². The predicted molar refractivity (Wildman–Crippen MR) is 102 cm³/mol. The van der Waals surface area contributed by atoms with Crippen molar-refractivity contribution in [3.05, 3.63) is 57.6 Å². The summed E-state index contributed by atoms with van der Waals surface area (Å²) in [5.41, 5.74) is 10.4. The van der Waals surface area contributed by atoms with E-state index < -0.39 is 0 Å². The molecule has 2 aromatic carbocycles. The van der Waals surface area contributed by atoms with Crippen molar-refractivity contribution in [3.8, 4) is 0 Å². The van der Waals surface area contributed by atoms with E-state index in [1.165, 1.54) is 44.8 Å². The molecule has 2 rings (SSSR count). The highest BCUT2D eigenvalue weighted by Gasteiger charge is 2.15. The highest BCUT2D eigenvalue weighted by atomic mass is 15.2. The van der Waals surface area contributed by atoms with E-state index >= 15 is 0 Å². The lowest BCUT2D eigenvalue weighted by molar-refractivity contribution is -0.401. The molecule has 0 amide bonds. The molecule has 0 saturated carbocycles. The van der Waals surface area contributed by atoms with E-state index in [-0.39, 0.29) is 0 Å². The van der Waals surface area contributed by atoms with Crippen LogP contribution >= 0.6 is 0 Å². The molecule has 23 heavy (non-hydrogen) atoms. The molecular formula is C21H29N2+. The Labute approximate surface area is 141 Å². The normalized spacial score (nSPS) is 11.7. The van der Waals surface area contributed by atoms with Crippen molar-refractivity contribution in [2.45, 2.75) is 41.5 Å². The van der Waals surface area contributed by atoms with Gasteiger partial charge >= 0.3 is 0 Å². The molecule has 0 aromatic heterocycles. The first-order valence-electron chi connectivity index (χ1n) is 8.17. The number of rotatable bonds is 3. The van der Waals surface area contributed by atoms with E-state index in [0.717, 1.165) is 0 Å². The van der Waals surface area contributed by atoms with Crippen LogP contribution < -0.4 is 4.90 Å². The van der Waals surface area contributed by atoms with Crippen LogP contribution in [-0.4, -0.2) is 25.0 Å². The summed E-state index contributed by atoms with van der Waals surface area (Å²) in [4.78, 5) is 2.23. The van der Waals surface area contributed by atoms with E-state index in [9.17, 15) is 0 Å². The number of aryl methyl sites for hydroxylation is 6. The van der Waals surface area contributed by atoms with Crippen molar-refractivity contribution < 1.29 is 4.58 Å². The van der Waals surface area contributed by atoms with Crippen LogP contribution in [0, 0.1) is 41.5 Å². The molecule has 0 unspecified atom stereocenters. The Morgan fingerprint density at radius 1 is 0.739 bits per heavy atom. The second-order valence-corrected chi connectivity index (χ2v) is 6.83. The molecule has 0 heterocycles. The van der Waals surface area contributed by atoms with Crippen LogP contribution in [0.5, 0.6) is 0 Å². The minimum absolute atomic E-state index is 1.28. The molecule has 122 valence electrons. The number of anilines is 1. The molecule has 0 fully saturated rings. The van der Waals surface area contributed by atoms with Gasteiger partial charge in [-0.05, 0) is 63.8 Å². The highest BCUT2D eigenvalue weighted by Crippen LogP contribution is 2.26. The SMILES string of the molecule is Cc1cc(C)c(N(C)C=[N+](C)c2c(C)cc(C)cc2C)c(C)c1. The van der Waals surface area contributed by atoms with Gasteiger partial charge in [0.15, 0.2) is 0 Å². The summed E-state index contributed by atoms with van der Waals surface area (Å²) in [5, 5.41) is 0. The molecule has 0 bridgehead atoms. The third kappa shape index (κ3) is 3.64. The van der Waals surface area contributed by atoms with E-state index in [1.807, 2.05) is 0 Å². The van der Waals surface area contributed by atoms with Gasteiger partial charge in [-0.2, -0.15) is 0 Å². The van der Waals surface area contributed by atoms with Crippen molar-refractivity contribution in [1.29, 1.82) is 0 Å². The van der Waals surface area contributed by atoms with Crippen LogP contribution in [0.25, 0.3) is 0 Å². The maximum Gasteiger partial charge on any atom is 0.244 e. The van der Waals surface area contributed by atoms with Gasteiger partial charge in [-0.25, -0.2) is 9.48 Å². The van der Waals surface area contributed by atoms with E-state index in [1.54, 1.807) is 0 Å². The zero-order chi connectivity index (χ0) is 17.3. The number of benzene rings is 2.